The van der Waals surface area contributed by atoms with Crippen LogP contribution in [0.5, 0.6) is 0 Å². The Morgan fingerprint density at radius 2 is 1.70 bits per heavy atom. The SMILES string of the molecule is CCC(N)=C(CC)C(N)=O. The molecule has 0 heterocycles. The molecule has 3 nitrogen and oxygen atoms in total. The normalized spacial score (nSPS) is 12.6. The van der Waals surface area contributed by atoms with Gasteiger partial charge in [0, 0.05) is 11.3 Å². The molecule has 0 unspecified atom stereocenters. The average molecular weight is 142 g/mol. The molecule has 0 spiro atoms. The van der Waals surface area contributed by atoms with Gasteiger partial charge in [-0.25, -0.2) is 0 Å². The highest BCUT2D eigenvalue weighted by Crippen LogP contribution is 2.05. The molecule has 0 saturated heterocycles. The number of rotatable bonds is 3. The summed E-state index contributed by atoms with van der Waals surface area (Å²) in [6, 6.07) is 0. The summed E-state index contributed by atoms with van der Waals surface area (Å²) in [6.07, 6.45) is 1.31. The van der Waals surface area contributed by atoms with Crippen LogP contribution in [0.1, 0.15) is 26.7 Å². The summed E-state index contributed by atoms with van der Waals surface area (Å²) in [5.41, 5.74) is 11.7. The van der Waals surface area contributed by atoms with Crippen molar-refractivity contribution in [3.8, 4) is 0 Å². The lowest BCUT2D eigenvalue weighted by molar-refractivity contribution is -0.114. The predicted octanol–water partition coefficient (Wildman–Crippen LogP) is 0.505. The van der Waals surface area contributed by atoms with E-state index in [0.29, 0.717) is 24.1 Å². The summed E-state index contributed by atoms with van der Waals surface area (Å²) >= 11 is 0. The van der Waals surface area contributed by atoms with Gasteiger partial charge in [-0.3, -0.25) is 4.79 Å². The molecule has 0 saturated carbocycles. The highest BCUT2D eigenvalue weighted by atomic mass is 16.1. The van der Waals surface area contributed by atoms with Crippen LogP contribution in [0.3, 0.4) is 0 Å². The van der Waals surface area contributed by atoms with E-state index in [4.69, 9.17) is 11.5 Å². The van der Waals surface area contributed by atoms with Gasteiger partial charge in [-0.1, -0.05) is 13.8 Å². The first-order valence-electron chi connectivity index (χ1n) is 3.40. The number of carbonyl (C=O) groups excluding carboxylic acids is 1. The van der Waals surface area contributed by atoms with Gasteiger partial charge in [0.2, 0.25) is 5.91 Å². The van der Waals surface area contributed by atoms with Crippen molar-refractivity contribution >= 4 is 5.91 Å². The van der Waals surface area contributed by atoms with Crippen molar-refractivity contribution in [3.05, 3.63) is 11.3 Å². The predicted molar refractivity (Wildman–Crippen MR) is 41.0 cm³/mol. The Balaban J connectivity index is 4.45. The second kappa shape index (κ2) is 3.93. The third kappa shape index (κ3) is 2.09. The van der Waals surface area contributed by atoms with Crippen molar-refractivity contribution in [3.63, 3.8) is 0 Å². The van der Waals surface area contributed by atoms with Crippen molar-refractivity contribution in [2.75, 3.05) is 0 Å². The van der Waals surface area contributed by atoms with E-state index in [0.717, 1.165) is 0 Å². The Hall–Kier alpha value is -0.990. The molecule has 0 bridgehead atoms. The fourth-order valence-corrected chi connectivity index (χ4v) is 0.773. The maximum atomic E-state index is 10.6. The standard InChI is InChI=1S/C7H14N2O/c1-3-5(7(9)10)6(8)4-2/h3-4,8H2,1-2H3,(H2,9,10). The molecule has 0 aromatic rings. The van der Waals surface area contributed by atoms with Crippen LogP contribution in [-0.2, 0) is 4.79 Å². The molecule has 0 radical (unpaired) electrons. The Kier molecular flexibility index (Phi) is 3.54. The lowest BCUT2D eigenvalue weighted by Gasteiger charge is -2.02. The van der Waals surface area contributed by atoms with Gasteiger partial charge in [-0.15, -0.1) is 0 Å². The lowest BCUT2D eigenvalue weighted by atomic mass is 10.1. The first-order valence-corrected chi connectivity index (χ1v) is 3.40. The molecule has 0 aromatic heterocycles. The zero-order valence-electron chi connectivity index (χ0n) is 6.48. The van der Waals surface area contributed by atoms with Gasteiger partial charge in [0.1, 0.15) is 0 Å². The summed E-state index contributed by atoms with van der Waals surface area (Å²) in [4.78, 5) is 10.6. The smallest absolute Gasteiger partial charge is 0.246 e. The van der Waals surface area contributed by atoms with Crippen molar-refractivity contribution in [1.82, 2.24) is 0 Å². The summed E-state index contributed by atoms with van der Waals surface area (Å²) < 4.78 is 0. The number of allylic oxidation sites excluding steroid dienone is 1. The number of hydrogen-bond donors (Lipinski definition) is 2. The number of hydrogen-bond acceptors (Lipinski definition) is 2. The van der Waals surface area contributed by atoms with Gasteiger partial charge < -0.3 is 11.5 Å². The monoisotopic (exact) mass is 142 g/mol. The first-order chi connectivity index (χ1) is 4.63. The van der Waals surface area contributed by atoms with Crippen LogP contribution in [0.4, 0.5) is 0 Å². The first kappa shape index (κ1) is 9.01. The molecule has 0 rings (SSSR count). The van der Waals surface area contributed by atoms with Crippen LogP contribution in [0.25, 0.3) is 0 Å². The van der Waals surface area contributed by atoms with Gasteiger partial charge >= 0.3 is 0 Å². The number of amides is 1. The van der Waals surface area contributed by atoms with Gasteiger partial charge in [0.05, 0.1) is 0 Å². The Morgan fingerprint density at radius 1 is 1.20 bits per heavy atom. The Morgan fingerprint density at radius 3 is 1.80 bits per heavy atom. The lowest BCUT2D eigenvalue weighted by Crippen LogP contribution is -2.18. The van der Waals surface area contributed by atoms with Crippen LogP contribution in [0.15, 0.2) is 11.3 Å². The topological polar surface area (TPSA) is 69.1 Å². The third-order valence-electron chi connectivity index (χ3n) is 1.42. The summed E-state index contributed by atoms with van der Waals surface area (Å²) in [7, 11) is 0. The van der Waals surface area contributed by atoms with Crippen molar-refractivity contribution in [2.45, 2.75) is 26.7 Å². The largest absolute Gasteiger partial charge is 0.402 e. The van der Waals surface area contributed by atoms with Crippen LogP contribution < -0.4 is 11.5 Å². The van der Waals surface area contributed by atoms with E-state index in [2.05, 4.69) is 0 Å². The van der Waals surface area contributed by atoms with E-state index in [1.165, 1.54) is 0 Å². The molecule has 4 N–H and O–H groups in total. The van der Waals surface area contributed by atoms with Crippen LogP contribution in [-0.4, -0.2) is 5.91 Å². The second-order valence-corrected chi connectivity index (χ2v) is 2.08. The van der Waals surface area contributed by atoms with Crippen molar-refractivity contribution in [1.29, 1.82) is 0 Å². The van der Waals surface area contributed by atoms with Gasteiger partial charge in [-0.2, -0.15) is 0 Å². The summed E-state index contributed by atoms with van der Waals surface area (Å²) in [6.45, 7) is 3.76. The molecule has 0 atom stereocenters. The van der Waals surface area contributed by atoms with Gasteiger partial charge in [0.25, 0.3) is 0 Å². The molecule has 0 aliphatic rings. The minimum absolute atomic E-state index is 0.401. The van der Waals surface area contributed by atoms with Gasteiger partial charge in [0.15, 0.2) is 0 Å². The van der Waals surface area contributed by atoms with Gasteiger partial charge in [-0.05, 0) is 12.8 Å². The van der Waals surface area contributed by atoms with E-state index >= 15 is 0 Å². The molecule has 0 fully saturated rings. The summed E-state index contributed by atoms with van der Waals surface area (Å²) in [5.74, 6) is -0.401. The van der Waals surface area contributed by atoms with E-state index in [-0.39, 0.29) is 0 Å². The number of carbonyl (C=O) groups is 1. The quantitative estimate of drug-likeness (QED) is 0.563. The fraction of sp³-hybridized carbons (Fsp3) is 0.571. The zero-order valence-corrected chi connectivity index (χ0v) is 6.48. The highest BCUT2D eigenvalue weighted by molar-refractivity contribution is 5.92. The molecule has 0 aliphatic heterocycles. The van der Waals surface area contributed by atoms with E-state index in [1.54, 1.807) is 0 Å². The van der Waals surface area contributed by atoms with E-state index in [1.807, 2.05) is 13.8 Å². The van der Waals surface area contributed by atoms with Crippen LogP contribution >= 0.6 is 0 Å². The highest BCUT2D eigenvalue weighted by Gasteiger charge is 2.04. The molecule has 0 aliphatic carbocycles. The fourth-order valence-electron chi connectivity index (χ4n) is 0.773. The molecular formula is C7H14N2O. The third-order valence-corrected chi connectivity index (χ3v) is 1.42. The van der Waals surface area contributed by atoms with Crippen molar-refractivity contribution < 1.29 is 4.79 Å². The van der Waals surface area contributed by atoms with Crippen molar-refractivity contribution in [2.24, 2.45) is 11.5 Å². The maximum Gasteiger partial charge on any atom is 0.246 e. The average Bonchev–Trinajstić information content (AvgIpc) is 1.88. The Bertz CT molecular complexity index is 161. The van der Waals surface area contributed by atoms with E-state index in [9.17, 15) is 4.79 Å². The number of primary amides is 1. The molecular weight excluding hydrogens is 128 g/mol. The Labute approximate surface area is 61.1 Å². The second-order valence-electron chi connectivity index (χ2n) is 2.08. The minimum Gasteiger partial charge on any atom is -0.402 e. The van der Waals surface area contributed by atoms with Crippen LogP contribution in [0, 0.1) is 0 Å². The molecule has 0 aromatic carbocycles. The maximum absolute atomic E-state index is 10.6. The van der Waals surface area contributed by atoms with Crippen LogP contribution in [0.2, 0.25) is 0 Å². The summed E-state index contributed by atoms with van der Waals surface area (Å²) in [5, 5.41) is 0. The minimum atomic E-state index is -0.401. The molecule has 3 heteroatoms. The van der Waals surface area contributed by atoms with E-state index < -0.39 is 5.91 Å². The molecule has 10 heavy (non-hydrogen) atoms. The number of nitrogens with two attached hydrogens (primary N) is 2. The molecule has 58 valence electrons. The zero-order chi connectivity index (χ0) is 8.15. The molecule has 1 amide bonds.